The van der Waals surface area contributed by atoms with Gasteiger partial charge in [0.15, 0.2) is 0 Å². The van der Waals surface area contributed by atoms with E-state index in [1.165, 1.54) is 8.61 Å². The molecule has 0 radical (unpaired) electrons. The molecule has 1 rings (SSSR count). The number of nitrogens with two attached hydrogens (primary N) is 1. The third-order valence-corrected chi connectivity index (χ3v) is 4.58. The lowest BCUT2D eigenvalue weighted by Crippen LogP contribution is -2.42. The number of rotatable bonds is 7. The van der Waals surface area contributed by atoms with Crippen molar-refractivity contribution in [2.75, 3.05) is 31.0 Å². The van der Waals surface area contributed by atoms with Crippen molar-refractivity contribution in [3.63, 3.8) is 0 Å². The topological polar surface area (TPSA) is 79.5 Å². The molecule has 6 nitrogen and oxygen atoms in total. The second-order valence-corrected chi connectivity index (χ2v) is 5.80. The minimum Gasteiger partial charge on any atom is -0.330 e. The first-order chi connectivity index (χ1) is 8.54. The molecule has 0 bridgehead atoms. The molecule has 0 saturated heterocycles. The van der Waals surface area contributed by atoms with Crippen LogP contribution in [0.5, 0.6) is 0 Å². The van der Waals surface area contributed by atoms with Gasteiger partial charge in [0.05, 0.1) is 5.69 Å². The molecule has 18 heavy (non-hydrogen) atoms. The summed E-state index contributed by atoms with van der Waals surface area (Å²) in [5.74, 6) is 0. The maximum Gasteiger partial charge on any atom is 0.303 e. The van der Waals surface area contributed by atoms with Crippen molar-refractivity contribution in [2.24, 2.45) is 5.73 Å². The molecule has 7 heteroatoms. The summed E-state index contributed by atoms with van der Waals surface area (Å²) in [5, 5.41) is 0. The summed E-state index contributed by atoms with van der Waals surface area (Å²) in [6, 6.07) is 3.36. The average Bonchev–Trinajstić information content (AvgIpc) is 2.37. The van der Waals surface area contributed by atoms with Crippen LogP contribution in [0, 0.1) is 0 Å². The lowest BCUT2D eigenvalue weighted by atomic mass is 10.4. The molecule has 0 aliphatic rings. The van der Waals surface area contributed by atoms with Crippen LogP contribution >= 0.6 is 0 Å². The van der Waals surface area contributed by atoms with Crippen LogP contribution in [0.4, 0.5) is 5.69 Å². The molecule has 2 N–H and O–H groups in total. The van der Waals surface area contributed by atoms with E-state index in [2.05, 4.69) is 4.98 Å². The van der Waals surface area contributed by atoms with Crippen LogP contribution in [0.2, 0.25) is 0 Å². The van der Waals surface area contributed by atoms with E-state index in [9.17, 15) is 8.42 Å². The monoisotopic (exact) mass is 272 g/mol. The molecule has 0 spiro atoms. The Morgan fingerprint density at radius 3 is 2.44 bits per heavy atom. The van der Waals surface area contributed by atoms with Crippen LogP contribution in [0.25, 0.3) is 0 Å². The van der Waals surface area contributed by atoms with Crippen molar-refractivity contribution in [3.05, 3.63) is 24.5 Å². The number of hydrogen-bond acceptors (Lipinski definition) is 4. The Morgan fingerprint density at radius 1 is 1.33 bits per heavy atom. The molecule has 1 aromatic rings. The minimum absolute atomic E-state index is 0.374. The lowest BCUT2D eigenvalue weighted by molar-refractivity contribution is 0.461. The Morgan fingerprint density at radius 2 is 1.94 bits per heavy atom. The fourth-order valence-electron chi connectivity index (χ4n) is 1.59. The molecular formula is C11H20N4O2S. The number of aromatic nitrogens is 1. The van der Waals surface area contributed by atoms with Gasteiger partial charge in [-0.2, -0.15) is 12.7 Å². The average molecular weight is 272 g/mol. The van der Waals surface area contributed by atoms with E-state index < -0.39 is 10.2 Å². The van der Waals surface area contributed by atoms with Gasteiger partial charge < -0.3 is 5.73 Å². The van der Waals surface area contributed by atoms with Gasteiger partial charge in [0, 0.05) is 32.5 Å². The predicted molar refractivity (Wildman–Crippen MR) is 72.5 cm³/mol. The number of pyridine rings is 1. The van der Waals surface area contributed by atoms with E-state index in [1.807, 2.05) is 0 Å². The highest BCUT2D eigenvalue weighted by atomic mass is 32.2. The summed E-state index contributed by atoms with van der Waals surface area (Å²) in [6.07, 6.45) is 3.80. The second kappa shape index (κ2) is 6.67. The first-order valence-electron chi connectivity index (χ1n) is 5.88. The Kier molecular flexibility index (Phi) is 5.52. The lowest BCUT2D eigenvalue weighted by Gasteiger charge is -2.28. The molecule has 1 aromatic heterocycles. The van der Waals surface area contributed by atoms with Gasteiger partial charge in [0.1, 0.15) is 0 Å². The summed E-state index contributed by atoms with van der Waals surface area (Å²) in [5.41, 5.74) is 6.01. The standard InChI is InChI=1S/C11H20N4O2S/c1-3-15(11-5-8-13-9-6-11)18(16,17)14(2)10-4-7-12/h5-6,8-9H,3-4,7,10,12H2,1-2H3. The molecule has 0 amide bonds. The third-order valence-electron chi connectivity index (χ3n) is 2.59. The summed E-state index contributed by atoms with van der Waals surface area (Å²) in [7, 11) is -1.93. The van der Waals surface area contributed by atoms with Crippen molar-refractivity contribution in [1.29, 1.82) is 0 Å². The van der Waals surface area contributed by atoms with Gasteiger partial charge in [-0.25, -0.2) is 0 Å². The zero-order chi connectivity index (χ0) is 13.6. The fourth-order valence-corrected chi connectivity index (χ4v) is 3.00. The zero-order valence-corrected chi connectivity index (χ0v) is 11.6. The summed E-state index contributed by atoms with van der Waals surface area (Å²) in [6.45, 7) is 3.07. The van der Waals surface area contributed by atoms with E-state index in [4.69, 9.17) is 5.73 Å². The van der Waals surface area contributed by atoms with Crippen LogP contribution in [0.1, 0.15) is 13.3 Å². The molecule has 0 unspecified atom stereocenters. The quantitative estimate of drug-likeness (QED) is 0.781. The second-order valence-electron chi connectivity index (χ2n) is 3.84. The summed E-state index contributed by atoms with van der Waals surface area (Å²) >= 11 is 0. The molecule has 0 aliphatic heterocycles. The third kappa shape index (κ3) is 3.41. The predicted octanol–water partition coefficient (Wildman–Crippen LogP) is 0.433. The van der Waals surface area contributed by atoms with Gasteiger partial charge >= 0.3 is 10.2 Å². The van der Waals surface area contributed by atoms with E-state index in [-0.39, 0.29) is 0 Å². The van der Waals surface area contributed by atoms with Crippen LogP contribution in [0.3, 0.4) is 0 Å². The molecule has 102 valence electrons. The Labute approximate surface area is 109 Å². The van der Waals surface area contributed by atoms with Crippen LogP contribution in [-0.2, 0) is 10.2 Å². The molecule has 0 aliphatic carbocycles. The first-order valence-corrected chi connectivity index (χ1v) is 7.27. The Hall–Kier alpha value is -1.18. The highest BCUT2D eigenvalue weighted by Crippen LogP contribution is 2.18. The van der Waals surface area contributed by atoms with E-state index >= 15 is 0 Å². The van der Waals surface area contributed by atoms with Gasteiger partial charge in [0.2, 0.25) is 0 Å². The SMILES string of the molecule is CCN(c1ccncc1)S(=O)(=O)N(C)CCCN. The number of hydrogen-bond donors (Lipinski definition) is 1. The largest absolute Gasteiger partial charge is 0.330 e. The zero-order valence-electron chi connectivity index (χ0n) is 10.8. The Balaban J connectivity index is 2.94. The summed E-state index contributed by atoms with van der Waals surface area (Å²) < 4.78 is 27.4. The van der Waals surface area contributed by atoms with E-state index in [0.29, 0.717) is 31.7 Å². The highest BCUT2D eigenvalue weighted by Gasteiger charge is 2.25. The van der Waals surface area contributed by atoms with Crippen LogP contribution in [0.15, 0.2) is 24.5 Å². The van der Waals surface area contributed by atoms with Gasteiger partial charge in [-0.15, -0.1) is 0 Å². The molecule has 0 saturated carbocycles. The normalized spacial score (nSPS) is 11.8. The molecule has 0 aromatic carbocycles. The molecule has 0 atom stereocenters. The number of nitrogens with zero attached hydrogens (tertiary/aromatic N) is 3. The van der Waals surface area contributed by atoms with Crippen molar-refractivity contribution in [1.82, 2.24) is 9.29 Å². The minimum atomic E-state index is -3.49. The van der Waals surface area contributed by atoms with Gasteiger partial charge in [0.25, 0.3) is 0 Å². The van der Waals surface area contributed by atoms with E-state index in [1.54, 1.807) is 38.5 Å². The molecule has 1 heterocycles. The van der Waals surface area contributed by atoms with Crippen molar-refractivity contribution in [3.8, 4) is 0 Å². The maximum atomic E-state index is 12.4. The van der Waals surface area contributed by atoms with E-state index in [0.717, 1.165) is 0 Å². The van der Waals surface area contributed by atoms with Crippen molar-refractivity contribution < 1.29 is 8.42 Å². The smallest absolute Gasteiger partial charge is 0.303 e. The van der Waals surface area contributed by atoms with Gasteiger partial charge in [-0.1, -0.05) is 0 Å². The van der Waals surface area contributed by atoms with Crippen LogP contribution < -0.4 is 10.0 Å². The Bertz CT molecular complexity index is 449. The van der Waals surface area contributed by atoms with Crippen molar-refractivity contribution >= 4 is 15.9 Å². The highest BCUT2D eigenvalue weighted by molar-refractivity contribution is 7.90. The first kappa shape index (κ1) is 14.9. The molecule has 0 fully saturated rings. The maximum absolute atomic E-state index is 12.4. The van der Waals surface area contributed by atoms with Crippen molar-refractivity contribution in [2.45, 2.75) is 13.3 Å². The summed E-state index contributed by atoms with van der Waals surface area (Å²) in [4.78, 5) is 3.89. The fraction of sp³-hybridized carbons (Fsp3) is 0.545. The van der Waals surface area contributed by atoms with Crippen LogP contribution in [-0.4, -0.2) is 44.4 Å². The van der Waals surface area contributed by atoms with Gasteiger partial charge in [-0.3, -0.25) is 9.29 Å². The van der Waals surface area contributed by atoms with Gasteiger partial charge in [-0.05, 0) is 32.0 Å². The number of anilines is 1. The molecular weight excluding hydrogens is 252 g/mol.